The highest BCUT2D eigenvalue weighted by Gasteiger charge is 1.96. The highest BCUT2D eigenvalue weighted by atomic mass is 16.5. The first-order chi connectivity index (χ1) is 5.90. The van der Waals surface area contributed by atoms with Crippen molar-refractivity contribution in [3.05, 3.63) is 30.4 Å². The van der Waals surface area contributed by atoms with Crippen molar-refractivity contribution in [3.63, 3.8) is 0 Å². The molecule has 0 saturated heterocycles. The SMILES string of the molecule is COCc1ccn2ccnc2n1. The maximum atomic E-state index is 4.95. The van der Waals surface area contributed by atoms with E-state index in [1.54, 1.807) is 13.3 Å². The number of aromatic nitrogens is 3. The van der Waals surface area contributed by atoms with E-state index in [9.17, 15) is 0 Å². The highest BCUT2D eigenvalue weighted by Crippen LogP contribution is 2.00. The maximum Gasteiger partial charge on any atom is 0.233 e. The predicted molar refractivity (Wildman–Crippen MR) is 43.7 cm³/mol. The Bertz CT molecular complexity index is 382. The van der Waals surface area contributed by atoms with E-state index in [-0.39, 0.29) is 0 Å². The summed E-state index contributed by atoms with van der Waals surface area (Å²) in [6.07, 6.45) is 5.50. The van der Waals surface area contributed by atoms with Crippen molar-refractivity contribution in [1.29, 1.82) is 0 Å². The fraction of sp³-hybridized carbons (Fsp3) is 0.250. The third-order valence-electron chi connectivity index (χ3n) is 1.61. The predicted octanol–water partition coefficient (Wildman–Crippen LogP) is 0.876. The van der Waals surface area contributed by atoms with E-state index in [2.05, 4.69) is 9.97 Å². The van der Waals surface area contributed by atoms with E-state index in [0.717, 1.165) is 5.69 Å². The van der Waals surface area contributed by atoms with Crippen molar-refractivity contribution in [2.45, 2.75) is 6.61 Å². The number of rotatable bonds is 2. The quantitative estimate of drug-likeness (QED) is 0.659. The third-order valence-corrected chi connectivity index (χ3v) is 1.61. The summed E-state index contributed by atoms with van der Waals surface area (Å²) >= 11 is 0. The second-order valence-electron chi connectivity index (χ2n) is 2.49. The molecule has 0 aliphatic rings. The molecular formula is C8H9N3O. The molecule has 2 rings (SSSR count). The van der Waals surface area contributed by atoms with E-state index in [1.807, 2.05) is 22.9 Å². The van der Waals surface area contributed by atoms with Gasteiger partial charge in [-0.15, -0.1) is 0 Å². The Labute approximate surface area is 69.8 Å². The molecule has 62 valence electrons. The van der Waals surface area contributed by atoms with Crippen LogP contribution in [0.4, 0.5) is 0 Å². The Morgan fingerprint density at radius 2 is 2.42 bits per heavy atom. The topological polar surface area (TPSA) is 39.4 Å². The van der Waals surface area contributed by atoms with E-state index in [1.165, 1.54) is 0 Å². The minimum Gasteiger partial charge on any atom is -0.378 e. The summed E-state index contributed by atoms with van der Waals surface area (Å²) in [4.78, 5) is 8.31. The van der Waals surface area contributed by atoms with Gasteiger partial charge in [0.1, 0.15) is 0 Å². The second-order valence-corrected chi connectivity index (χ2v) is 2.49. The summed E-state index contributed by atoms with van der Waals surface area (Å²) in [5.74, 6) is 0.713. The molecule has 0 bridgehead atoms. The van der Waals surface area contributed by atoms with Crippen LogP contribution in [0.25, 0.3) is 5.78 Å². The molecule has 0 aliphatic carbocycles. The minimum absolute atomic E-state index is 0.531. The largest absolute Gasteiger partial charge is 0.378 e. The number of hydrogen-bond donors (Lipinski definition) is 0. The van der Waals surface area contributed by atoms with Gasteiger partial charge < -0.3 is 4.74 Å². The average Bonchev–Trinajstić information content (AvgIpc) is 2.51. The lowest BCUT2D eigenvalue weighted by Crippen LogP contribution is -1.95. The van der Waals surface area contributed by atoms with Crippen LogP contribution < -0.4 is 0 Å². The first-order valence-corrected chi connectivity index (χ1v) is 3.67. The molecule has 0 radical (unpaired) electrons. The van der Waals surface area contributed by atoms with Crippen molar-refractivity contribution in [3.8, 4) is 0 Å². The zero-order chi connectivity index (χ0) is 8.39. The molecular weight excluding hydrogens is 154 g/mol. The Balaban J connectivity index is 2.46. The molecule has 2 aromatic heterocycles. The molecule has 4 nitrogen and oxygen atoms in total. The molecule has 0 aliphatic heterocycles. The lowest BCUT2D eigenvalue weighted by Gasteiger charge is -1.98. The van der Waals surface area contributed by atoms with Crippen molar-refractivity contribution in [1.82, 2.24) is 14.4 Å². The monoisotopic (exact) mass is 163 g/mol. The maximum absolute atomic E-state index is 4.95. The van der Waals surface area contributed by atoms with Crippen molar-refractivity contribution in [2.24, 2.45) is 0 Å². The fourth-order valence-electron chi connectivity index (χ4n) is 1.07. The van der Waals surface area contributed by atoms with Crippen LogP contribution in [0.3, 0.4) is 0 Å². The Hall–Kier alpha value is -1.42. The van der Waals surface area contributed by atoms with Gasteiger partial charge in [0.15, 0.2) is 0 Å². The van der Waals surface area contributed by atoms with Crippen LogP contribution in [0, 0.1) is 0 Å². The molecule has 12 heavy (non-hydrogen) atoms. The molecule has 0 unspecified atom stereocenters. The molecule has 0 aromatic carbocycles. The molecule has 0 saturated carbocycles. The van der Waals surface area contributed by atoms with Crippen LogP contribution in [0.15, 0.2) is 24.7 Å². The Morgan fingerprint density at radius 3 is 3.25 bits per heavy atom. The number of nitrogens with zero attached hydrogens (tertiary/aromatic N) is 3. The number of methoxy groups -OCH3 is 1. The standard InChI is InChI=1S/C8H9N3O/c1-12-6-7-2-4-11-5-3-9-8(11)10-7/h2-5H,6H2,1H3. The first kappa shape index (κ1) is 7.24. The smallest absolute Gasteiger partial charge is 0.233 e. The second kappa shape index (κ2) is 2.91. The lowest BCUT2D eigenvalue weighted by molar-refractivity contribution is 0.181. The normalized spacial score (nSPS) is 10.8. The Morgan fingerprint density at radius 1 is 1.50 bits per heavy atom. The molecule has 2 heterocycles. The van der Waals surface area contributed by atoms with Crippen LogP contribution >= 0.6 is 0 Å². The fourth-order valence-corrected chi connectivity index (χ4v) is 1.07. The third kappa shape index (κ3) is 1.16. The van der Waals surface area contributed by atoms with Crippen molar-refractivity contribution >= 4 is 5.78 Å². The number of ether oxygens (including phenoxy) is 1. The van der Waals surface area contributed by atoms with Crippen LogP contribution in [0.1, 0.15) is 5.69 Å². The van der Waals surface area contributed by atoms with Crippen LogP contribution in [0.2, 0.25) is 0 Å². The molecule has 0 spiro atoms. The van der Waals surface area contributed by atoms with E-state index < -0.39 is 0 Å². The first-order valence-electron chi connectivity index (χ1n) is 3.67. The summed E-state index contributed by atoms with van der Waals surface area (Å²) < 4.78 is 6.81. The summed E-state index contributed by atoms with van der Waals surface area (Å²) in [5, 5.41) is 0. The van der Waals surface area contributed by atoms with Crippen LogP contribution in [-0.2, 0) is 11.3 Å². The van der Waals surface area contributed by atoms with Crippen LogP contribution in [-0.4, -0.2) is 21.5 Å². The molecule has 2 aromatic rings. The average molecular weight is 163 g/mol. The van der Waals surface area contributed by atoms with Crippen LogP contribution in [0.5, 0.6) is 0 Å². The Kier molecular flexibility index (Phi) is 1.75. The zero-order valence-corrected chi connectivity index (χ0v) is 6.77. The van der Waals surface area contributed by atoms with Gasteiger partial charge >= 0.3 is 0 Å². The molecule has 0 atom stereocenters. The van der Waals surface area contributed by atoms with Gasteiger partial charge in [-0.1, -0.05) is 0 Å². The number of fused-ring (bicyclic) bond motifs is 1. The minimum atomic E-state index is 0.531. The van der Waals surface area contributed by atoms with Gasteiger partial charge in [0.05, 0.1) is 12.3 Å². The summed E-state index contributed by atoms with van der Waals surface area (Å²) in [7, 11) is 1.65. The van der Waals surface area contributed by atoms with Crippen molar-refractivity contribution in [2.75, 3.05) is 7.11 Å². The van der Waals surface area contributed by atoms with Gasteiger partial charge in [0, 0.05) is 25.7 Å². The highest BCUT2D eigenvalue weighted by molar-refractivity contribution is 5.28. The molecule has 4 heteroatoms. The van der Waals surface area contributed by atoms with Gasteiger partial charge in [0.25, 0.3) is 0 Å². The molecule has 0 N–H and O–H groups in total. The van der Waals surface area contributed by atoms with Gasteiger partial charge in [-0.05, 0) is 6.07 Å². The zero-order valence-electron chi connectivity index (χ0n) is 6.77. The summed E-state index contributed by atoms with van der Waals surface area (Å²) in [6, 6.07) is 1.91. The number of hydrogen-bond acceptors (Lipinski definition) is 3. The summed E-state index contributed by atoms with van der Waals surface area (Å²) in [6.45, 7) is 0.531. The van der Waals surface area contributed by atoms with Crippen molar-refractivity contribution < 1.29 is 4.74 Å². The summed E-state index contributed by atoms with van der Waals surface area (Å²) in [5.41, 5.74) is 0.899. The van der Waals surface area contributed by atoms with Gasteiger partial charge in [0.2, 0.25) is 5.78 Å². The van der Waals surface area contributed by atoms with E-state index in [0.29, 0.717) is 12.4 Å². The molecule has 0 fully saturated rings. The van der Waals surface area contributed by atoms with Gasteiger partial charge in [-0.3, -0.25) is 4.40 Å². The van der Waals surface area contributed by atoms with Gasteiger partial charge in [-0.25, -0.2) is 9.97 Å². The lowest BCUT2D eigenvalue weighted by atomic mass is 10.4. The van der Waals surface area contributed by atoms with E-state index >= 15 is 0 Å². The van der Waals surface area contributed by atoms with E-state index in [4.69, 9.17) is 4.74 Å². The number of imidazole rings is 1. The molecule has 0 amide bonds. The van der Waals surface area contributed by atoms with Gasteiger partial charge in [-0.2, -0.15) is 0 Å².